The highest BCUT2D eigenvalue weighted by Gasteiger charge is 2.36. The fourth-order valence-electron chi connectivity index (χ4n) is 3.63. The molecule has 1 saturated heterocycles. The van der Waals surface area contributed by atoms with Gasteiger partial charge in [-0.1, -0.05) is 42.5 Å². The molecule has 0 N–H and O–H groups in total. The van der Waals surface area contributed by atoms with Crippen molar-refractivity contribution in [3.63, 3.8) is 0 Å². The van der Waals surface area contributed by atoms with Crippen molar-refractivity contribution in [1.82, 2.24) is 4.90 Å². The van der Waals surface area contributed by atoms with Gasteiger partial charge in [-0.05, 0) is 49.4 Å². The van der Waals surface area contributed by atoms with Crippen LogP contribution < -0.4 is 0 Å². The van der Waals surface area contributed by atoms with E-state index in [4.69, 9.17) is 23.2 Å². The van der Waals surface area contributed by atoms with Gasteiger partial charge in [-0.2, -0.15) is 0 Å². The van der Waals surface area contributed by atoms with E-state index in [9.17, 15) is 4.79 Å². The van der Waals surface area contributed by atoms with Gasteiger partial charge in [-0.3, -0.25) is 4.79 Å². The fraction of sp³-hybridized carbons (Fsp3) is 0.588. The van der Waals surface area contributed by atoms with Crippen LogP contribution in [-0.2, 0) is 11.2 Å². The Morgan fingerprint density at radius 2 is 1.76 bits per heavy atom. The molecule has 1 aliphatic carbocycles. The van der Waals surface area contributed by atoms with Crippen LogP contribution in [0.25, 0.3) is 0 Å². The summed E-state index contributed by atoms with van der Waals surface area (Å²) in [4.78, 5) is 14.8. The highest BCUT2D eigenvalue weighted by atomic mass is 35.5. The second-order valence-corrected chi connectivity index (χ2v) is 6.96. The molecule has 2 nitrogen and oxygen atoms in total. The fourth-order valence-corrected chi connectivity index (χ4v) is 4.16. The van der Waals surface area contributed by atoms with Gasteiger partial charge in [0.15, 0.2) is 0 Å². The van der Waals surface area contributed by atoms with Crippen LogP contribution >= 0.6 is 23.2 Å². The number of carbonyl (C=O) groups is 1. The molecule has 2 aliphatic rings. The van der Waals surface area contributed by atoms with E-state index in [1.54, 1.807) is 12.1 Å². The molecule has 1 saturated carbocycles. The second kappa shape index (κ2) is 6.58. The smallest absolute Gasteiger partial charge is 0.226 e. The molecule has 113 valence electrons. The summed E-state index contributed by atoms with van der Waals surface area (Å²) in [7, 11) is 0. The van der Waals surface area contributed by atoms with Crippen molar-refractivity contribution in [2.75, 3.05) is 6.54 Å². The predicted octanol–water partition coefficient (Wildman–Crippen LogP) is 4.52. The van der Waals surface area contributed by atoms with E-state index in [2.05, 4.69) is 11.0 Å². The molecule has 1 aromatic carbocycles. The number of hydrogen-bond donors (Lipinski definition) is 0. The molecule has 3 rings (SSSR count). The lowest BCUT2D eigenvalue weighted by Gasteiger charge is -2.31. The Labute approximate surface area is 136 Å². The van der Waals surface area contributed by atoms with Gasteiger partial charge < -0.3 is 4.90 Å². The first-order valence-electron chi connectivity index (χ1n) is 7.81. The minimum atomic E-state index is 0.0318. The average Bonchev–Trinajstić information content (AvgIpc) is 2.85. The summed E-state index contributed by atoms with van der Waals surface area (Å²) >= 11 is 12.4. The molecule has 1 aromatic rings. The maximum atomic E-state index is 12.7. The Morgan fingerprint density at radius 3 is 2.43 bits per heavy atom. The highest BCUT2D eigenvalue weighted by Crippen LogP contribution is 2.33. The van der Waals surface area contributed by atoms with Gasteiger partial charge in [-0.25, -0.2) is 0 Å². The Hall–Kier alpha value is -0.730. The minimum Gasteiger partial charge on any atom is -0.339 e. The summed E-state index contributed by atoms with van der Waals surface area (Å²) in [6, 6.07) is 6.82. The first kappa shape index (κ1) is 15.2. The maximum absolute atomic E-state index is 12.7. The summed E-state index contributed by atoms with van der Waals surface area (Å²) in [6.07, 6.45) is 7.72. The lowest BCUT2D eigenvalue weighted by Crippen LogP contribution is -2.39. The molecule has 1 unspecified atom stereocenters. The third kappa shape index (κ3) is 3.22. The maximum Gasteiger partial charge on any atom is 0.226 e. The van der Waals surface area contributed by atoms with Crippen LogP contribution in [0, 0.1) is 12.0 Å². The van der Waals surface area contributed by atoms with Gasteiger partial charge in [-0.15, -0.1) is 0 Å². The molecule has 1 amide bonds. The van der Waals surface area contributed by atoms with Gasteiger partial charge in [0.05, 0.1) is 0 Å². The monoisotopic (exact) mass is 324 g/mol. The highest BCUT2D eigenvalue weighted by molar-refractivity contribution is 6.36. The van der Waals surface area contributed by atoms with Crippen molar-refractivity contribution < 1.29 is 4.79 Å². The van der Waals surface area contributed by atoms with Crippen LogP contribution in [0.15, 0.2) is 12.1 Å². The molecule has 4 heteroatoms. The van der Waals surface area contributed by atoms with Crippen molar-refractivity contribution >= 4 is 29.1 Å². The quantitative estimate of drug-likeness (QED) is 0.800. The second-order valence-electron chi connectivity index (χ2n) is 6.14. The van der Waals surface area contributed by atoms with Gasteiger partial charge in [0.25, 0.3) is 0 Å². The number of amides is 1. The molecule has 21 heavy (non-hydrogen) atoms. The molecular formula is C17H20Cl2NO. The van der Waals surface area contributed by atoms with Gasteiger partial charge in [0.1, 0.15) is 0 Å². The molecular weight excluding hydrogens is 305 g/mol. The molecule has 1 atom stereocenters. The van der Waals surface area contributed by atoms with Gasteiger partial charge in [0, 0.05) is 28.5 Å². The van der Waals surface area contributed by atoms with E-state index >= 15 is 0 Å². The standard InChI is InChI=1S/C17H20Cl2NO/c18-15-7-4-8-16(19)14(15)11-12-9-10-20(17(12)21)13-5-2-1-3-6-13/h7-8,12-13H,1-3,5-6,9-11H2. The number of hydrogen-bond acceptors (Lipinski definition) is 1. The number of carbonyl (C=O) groups excluding carboxylic acids is 1. The molecule has 0 spiro atoms. The van der Waals surface area contributed by atoms with Crippen LogP contribution in [0.4, 0.5) is 0 Å². The van der Waals surface area contributed by atoms with Crippen LogP contribution in [0.5, 0.6) is 0 Å². The lowest BCUT2D eigenvalue weighted by molar-refractivity contribution is -0.133. The van der Waals surface area contributed by atoms with Gasteiger partial charge in [0.2, 0.25) is 5.91 Å². The summed E-state index contributed by atoms with van der Waals surface area (Å²) in [5.41, 5.74) is 0.890. The third-order valence-electron chi connectivity index (χ3n) is 4.81. The number of halogens is 2. The van der Waals surface area contributed by atoms with E-state index in [0.29, 0.717) is 28.4 Å². The zero-order chi connectivity index (χ0) is 14.8. The Morgan fingerprint density at radius 1 is 1.10 bits per heavy atom. The predicted molar refractivity (Wildman–Crippen MR) is 85.7 cm³/mol. The number of benzene rings is 1. The average molecular weight is 325 g/mol. The van der Waals surface area contributed by atoms with E-state index in [1.165, 1.54) is 32.1 Å². The van der Waals surface area contributed by atoms with Crippen molar-refractivity contribution in [2.24, 2.45) is 5.92 Å². The lowest BCUT2D eigenvalue weighted by atomic mass is 9.94. The van der Waals surface area contributed by atoms with Crippen molar-refractivity contribution in [3.8, 4) is 0 Å². The number of rotatable bonds is 3. The number of likely N-dealkylation sites (tertiary alicyclic amines) is 1. The van der Waals surface area contributed by atoms with Gasteiger partial charge >= 0.3 is 0 Å². The minimum absolute atomic E-state index is 0.0318. The van der Waals surface area contributed by atoms with E-state index in [1.807, 2.05) is 0 Å². The van der Waals surface area contributed by atoms with Crippen LogP contribution in [-0.4, -0.2) is 23.4 Å². The van der Waals surface area contributed by atoms with Crippen LogP contribution in [0.3, 0.4) is 0 Å². The third-order valence-corrected chi connectivity index (χ3v) is 5.49. The number of nitrogens with zero attached hydrogens (tertiary/aromatic N) is 1. The Bertz CT molecular complexity index is 505. The zero-order valence-electron chi connectivity index (χ0n) is 12.1. The first-order chi connectivity index (χ1) is 10.2. The van der Waals surface area contributed by atoms with E-state index in [-0.39, 0.29) is 5.92 Å². The molecule has 0 bridgehead atoms. The van der Waals surface area contributed by atoms with E-state index < -0.39 is 0 Å². The Kier molecular flexibility index (Phi) is 4.75. The molecule has 1 heterocycles. The molecule has 0 aromatic heterocycles. The first-order valence-corrected chi connectivity index (χ1v) is 8.57. The summed E-state index contributed by atoms with van der Waals surface area (Å²) in [5.74, 6) is 0.325. The normalized spacial score (nSPS) is 23.8. The molecule has 1 aliphatic heterocycles. The van der Waals surface area contributed by atoms with Crippen molar-refractivity contribution in [2.45, 2.75) is 51.0 Å². The summed E-state index contributed by atoms with van der Waals surface area (Å²) in [6.45, 7) is 0.891. The van der Waals surface area contributed by atoms with Crippen molar-refractivity contribution in [3.05, 3.63) is 33.8 Å². The Balaban J connectivity index is 1.69. The summed E-state index contributed by atoms with van der Waals surface area (Å²) in [5, 5.41) is 1.23. The van der Waals surface area contributed by atoms with Crippen molar-refractivity contribution in [1.29, 1.82) is 0 Å². The SMILES string of the molecule is O=C1C(Cc2c(Cl)c[c]cc2Cl)CCN1C1CCCCC1. The summed E-state index contributed by atoms with van der Waals surface area (Å²) < 4.78 is 0. The molecule has 2 fully saturated rings. The van der Waals surface area contributed by atoms with Crippen LogP contribution in [0.1, 0.15) is 44.1 Å². The topological polar surface area (TPSA) is 20.3 Å². The zero-order valence-corrected chi connectivity index (χ0v) is 13.6. The van der Waals surface area contributed by atoms with Crippen LogP contribution in [0.2, 0.25) is 10.0 Å². The van der Waals surface area contributed by atoms with E-state index in [0.717, 1.165) is 18.5 Å². The molecule has 1 radical (unpaired) electrons. The largest absolute Gasteiger partial charge is 0.339 e.